The molecule has 6 rings (SSSR count). The molecule has 0 unspecified atom stereocenters. The van der Waals surface area contributed by atoms with Crippen LogP contribution in [0.25, 0.3) is 33.4 Å². The van der Waals surface area contributed by atoms with Crippen LogP contribution in [0, 0.1) is 6.92 Å². The molecule has 3 aromatic rings. The first-order valence-electron chi connectivity index (χ1n) is 10.5. The highest BCUT2D eigenvalue weighted by Gasteiger charge is 2.23. The highest BCUT2D eigenvalue weighted by molar-refractivity contribution is 5.99. The van der Waals surface area contributed by atoms with Crippen molar-refractivity contribution in [3.8, 4) is 34.0 Å². The molecule has 3 aliphatic heterocycles. The van der Waals surface area contributed by atoms with E-state index in [2.05, 4.69) is 70.3 Å². The van der Waals surface area contributed by atoms with E-state index in [9.17, 15) is 0 Å². The van der Waals surface area contributed by atoms with Crippen LogP contribution in [0.15, 0.2) is 72.9 Å². The second-order valence-corrected chi connectivity index (χ2v) is 7.93. The van der Waals surface area contributed by atoms with Gasteiger partial charge < -0.3 is 14.0 Å². The van der Waals surface area contributed by atoms with Crippen molar-refractivity contribution in [2.45, 2.75) is 13.5 Å². The summed E-state index contributed by atoms with van der Waals surface area (Å²) in [6, 6.07) is 23.0. The van der Waals surface area contributed by atoms with E-state index in [1.54, 1.807) is 0 Å². The normalized spacial score (nSPS) is 13.1. The summed E-state index contributed by atoms with van der Waals surface area (Å²) in [7, 11) is 0. The summed E-state index contributed by atoms with van der Waals surface area (Å²) >= 11 is 0. The third-order valence-electron chi connectivity index (χ3n) is 5.79. The monoisotopic (exact) mass is 407 g/mol. The number of benzene rings is 3. The lowest BCUT2D eigenvalue weighted by atomic mass is 10.0. The summed E-state index contributed by atoms with van der Waals surface area (Å²) in [5, 5.41) is 10.1. The molecule has 5 nitrogen and oxygen atoms in total. The molecule has 0 amide bonds. The number of hydrogen-bond acceptors (Lipinski definition) is 4. The molecule has 0 N–H and O–H groups in total. The molecular formula is C26H21N3O2. The number of fused-ring (bicyclic) bond motifs is 4. The Morgan fingerprint density at radius 2 is 1.55 bits per heavy atom. The molecule has 0 saturated carbocycles. The number of ether oxygens (including phenoxy) is 2. The van der Waals surface area contributed by atoms with Crippen molar-refractivity contribution >= 4 is 10.9 Å². The zero-order valence-electron chi connectivity index (χ0n) is 17.2. The number of hydrogen-bond donors (Lipinski definition) is 0. The molecule has 3 aliphatic rings. The van der Waals surface area contributed by atoms with Crippen molar-refractivity contribution in [2.24, 2.45) is 0 Å². The van der Waals surface area contributed by atoms with E-state index in [4.69, 9.17) is 9.47 Å². The Balaban J connectivity index is 1.60. The van der Waals surface area contributed by atoms with Gasteiger partial charge in [-0.05, 0) is 18.6 Å². The fourth-order valence-corrected chi connectivity index (χ4v) is 4.20. The lowest BCUT2D eigenvalue weighted by molar-refractivity contribution is 0.172. The van der Waals surface area contributed by atoms with E-state index in [-0.39, 0.29) is 0 Å². The van der Waals surface area contributed by atoms with Gasteiger partial charge in [0.1, 0.15) is 24.6 Å². The van der Waals surface area contributed by atoms with Gasteiger partial charge in [0.15, 0.2) is 11.5 Å². The molecule has 0 saturated heterocycles. The fourth-order valence-electron chi connectivity index (χ4n) is 4.20. The Morgan fingerprint density at radius 3 is 2.32 bits per heavy atom. The number of rotatable bonds is 3. The smallest absolute Gasteiger partial charge is 0.163 e. The van der Waals surface area contributed by atoms with Crippen molar-refractivity contribution in [3.05, 3.63) is 84.1 Å². The Kier molecular flexibility index (Phi) is 4.13. The second-order valence-electron chi connectivity index (χ2n) is 7.93. The van der Waals surface area contributed by atoms with E-state index < -0.39 is 0 Å². The Labute approximate surface area is 180 Å². The van der Waals surface area contributed by atoms with E-state index in [1.807, 2.05) is 24.3 Å². The predicted octanol–water partition coefficient (Wildman–Crippen LogP) is 5.33. The lowest BCUT2D eigenvalue weighted by Crippen LogP contribution is -2.15. The van der Waals surface area contributed by atoms with Crippen molar-refractivity contribution in [1.29, 1.82) is 0 Å². The second kappa shape index (κ2) is 7.13. The maximum atomic E-state index is 5.86. The fraction of sp³-hybridized carbons (Fsp3) is 0.154. The molecule has 0 aromatic heterocycles. The summed E-state index contributed by atoms with van der Waals surface area (Å²) in [6.45, 7) is 3.97. The number of aryl methyl sites for hydroxylation is 1. The molecule has 3 aromatic carbocycles. The third-order valence-corrected chi connectivity index (χ3v) is 5.79. The van der Waals surface area contributed by atoms with Crippen LogP contribution in [0.2, 0.25) is 0 Å². The number of aromatic nitrogens is 3. The van der Waals surface area contributed by atoms with Gasteiger partial charge in [0, 0.05) is 35.3 Å². The summed E-state index contributed by atoms with van der Waals surface area (Å²) in [4.78, 5) is 0. The molecule has 3 heterocycles. The third kappa shape index (κ3) is 3.10. The van der Waals surface area contributed by atoms with Crippen LogP contribution in [-0.4, -0.2) is 28.0 Å². The largest absolute Gasteiger partial charge is 0.486 e. The Hall–Kier alpha value is -3.86. The molecule has 0 aliphatic carbocycles. The average molecular weight is 407 g/mol. The molecule has 5 heteroatoms. The van der Waals surface area contributed by atoms with Crippen LogP contribution in [0.3, 0.4) is 0 Å². The van der Waals surface area contributed by atoms with Crippen LogP contribution in [-0.2, 0) is 6.54 Å². The van der Waals surface area contributed by atoms with Gasteiger partial charge in [-0.2, -0.15) is 0 Å². The van der Waals surface area contributed by atoms with Crippen molar-refractivity contribution in [3.63, 3.8) is 0 Å². The van der Waals surface area contributed by atoms with Crippen LogP contribution in [0.5, 0.6) is 11.5 Å². The molecule has 0 spiro atoms. The minimum absolute atomic E-state index is 0.555. The van der Waals surface area contributed by atoms with E-state index >= 15 is 0 Å². The summed E-state index contributed by atoms with van der Waals surface area (Å²) < 4.78 is 14.0. The summed E-state index contributed by atoms with van der Waals surface area (Å²) in [5.74, 6) is 1.54. The van der Waals surface area contributed by atoms with Gasteiger partial charge >= 0.3 is 0 Å². The highest BCUT2D eigenvalue weighted by atomic mass is 16.6. The molecule has 0 fully saturated rings. The average Bonchev–Trinajstić information content (AvgIpc) is 3.24. The molecule has 0 atom stereocenters. The van der Waals surface area contributed by atoms with E-state index in [1.165, 1.54) is 11.1 Å². The molecule has 0 bridgehead atoms. The van der Waals surface area contributed by atoms with E-state index in [0.717, 1.165) is 51.5 Å². The first-order chi connectivity index (χ1) is 15.3. The van der Waals surface area contributed by atoms with Gasteiger partial charge in [-0.15, -0.1) is 10.2 Å². The zero-order valence-corrected chi connectivity index (χ0v) is 17.2. The topological polar surface area (TPSA) is 49.2 Å². The van der Waals surface area contributed by atoms with Gasteiger partial charge in [-0.1, -0.05) is 60.2 Å². The summed E-state index contributed by atoms with van der Waals surface area (Å²) in [5.41, 5.74) is 7.41. The first-order valence-corrected chi connectivity index (χ1v) is 10.5. The van der Waals surface area contributed by atoms with Crippen molar-refractivity contribution in [2.75, 3.05) is 13.2 Å². The highest BCUT2D eigenvalue weighted by Crippen LogP contribution is 2.41. The van der Waals surface area contributed by atoms with Gasteiger partial charge in [-0.3, -0.25) is 0 Å². The maximum Gasteiger partial charge on any atom is 0.163 e. The lowest BCUT2D eigenvalue weighted by Gasteiger charge is -2.21. The zero-order chi connectivity index (χ0) is 20.8. The van der Waals surface area contributed by atoms with Crippen LogP contribution >= 0.6 is 0 Å². The molecule has 152 valence electrons. The molecule has 31 heavy (non-hydrogen) atoms. The van der Waals surface area contributed by atoms with Crippen LogP contribution in [0.4, 0.5) is 0 Å². The van der Waals surface area contributed by atoms with Gasteiger partial charge in [0.25, 0.3) is 0 Å². The van der Waals surface area contributed by atoms with E-state index in [0.29, 0.717) is 13.2 Å². The van der Waals surface area contributed by atoms with Crippen molar-refractivity contribution in [1.82, 2.24) is 14.8 Å². The van der Waals surface area contributed by atoms with Gasteiger partial charge in [0.2, 0.25) is 0 Å². The quantitative estimate of drug-likeness (QED) is 0.406. The Bertz CT molecular complexity index is 1360. The van der Waals surface area contributed by atoms with Gasteiger partial charge in [0.05, 0.1) is 5.52 Å². The van der Waals surface area contributed by atoms with Crippen molar-refractivity contribution < 1.29 is 9.47 Å². The van der Waals surface area contributed by atoms with Crippen LogP contribution < -0.4 is 9.47 Å². The van der Waals surface area contributed by atoms with Gasteiger partial charge in [-0.25, -0.2) is 0 Å². The minimum atomic E-state index is 0.555. The SMILES string of the molecule is Cc1ccc(Cn2cc3c(-c4ccccc4)nnc-3c3cc4c(cc32)OCCO4)cc1. The molecule has 0 radical (unpaired) electrons. The molecular weight excluding hydrogens is 386 g/mol. The minimum Gasteiger partial charge on any atom is -0.486 e. The first kappa shape index (κ1) is 18.0. The standard InChI is InChI=1S/C26H21N3O2/c1-17-7-9-18(10-8-17)15-29-16-21-25(19-5-3-2-4-6-19)27-28-26(21)20-13-23-24(14-22(20)29)31-12-11-30-23/h2-10,13-14,16H,11-12,15H2,1H3. The summed E-state index contributed by atoms with van der Waals surface area (Å²) in [6.07, 6.45) is 2.16. The Morgan fingerprint density at radius 1 is 0.839 bits per heavy atom. The number of nitrogens with zero attached hydrogens (tertiary/aromatic N) is 3. The predicted molar refractivity (Wildman–Crippen MR) is 121 cm³/mol. The van der Waals surface area contributed by atoms with Crippen LogP contribution in [0.1, 0.15) is 11.1 Å². The number of pyridine rings is 1. The maximum absolute atomic E-state index is 5.86.